The standard InChI is InChI=1S/C23H40N2/c1-3-5-7-9-11-15-19-24-21-22-17-13-14-18-23(22)25-20-16-12-10-8-6-4-2/h13,17H,3-12,14-16,18-20H2,1-2H3. The number of allylic oxidation sites excluding steroid dienone is 3. The van der Waals surface area contributed by atoms with Gasteiger partial charge < -0.3 is 0 Å². The first kappa shape index (κ1) is 21.9. The highest BCUT2D eigenvalue weighted by atomic mass is 14.7. The summed E-state index contributed by atoms with van der Waals surface area (Å²) in [6, 6.07) is 0. The lowest BCUT2D eigenvalue weighted by atomic mass is 10.0. The van der Waals surface area contributed by atoms with Gasteiger partial charge in [-0.25, -0.2) is 4.99 Å². The van der Waals surface area contributed by atoms with Crippen LogP contribution in [0.15, 0.2) is 27.7 Å². The maximum absolute atomic E-state index is 4.84. The molecular formula is C23H40N2. The molecule has 0 atom stereocenters. The van der Waals surface area contributed by atoms with Gasteiger partial charge in [0.2, 0.25) is 0 Å². The Morgan fingerprint density at radius 1 is 0.800 bits per heavy atom. The van der Waals surface area contributed by atoms with Gasteiger partial charge in [0.1, 0.15) is 0 Å². The zero-order chi connectivity index (χ0) is 18.0. The van der Waals surface area contributed by atoms with Crippen molar-refractivity contribution in [3.05, 3.63) is 17.7 Å². The third-order valence-electron chi connectivity index (χ3n) is 4.78. The van der Waals surface area contributed by atoms with Gasteiger partial charge in [0.25, 0.3) is 0 Å². The molecular weight excluding hydrogens is 304 g/mol. The van der Waals surface area contributed by atoms with Gasteiger partial charge in [-0.05, 0) is 37.6 Å². The minimum Gasteiger partial charge on any atom is -0.288 e. The van der Waals surface area contributed by atoms with E-state index in [9.17, 15) is 0 Å². The lowest BCUT2D eigenvalue weighted by Crippen LogP contribution is -2.07. The molecule has 0 heterocycles. The highest BCUT2D eigenvalue weighted by Crippen LogP contribution is 2.13. The molecule has 0 saturated carbocycles. The number of unbranched alkanes of at least 4 members (excludes halogenated alkanes) is 10. The van der Waals surface area contributed by atoms with Crippen molar-refractivity contribution in [2.24, 2.45) is 9.98 Å². The van der Waals surface area contributed by atoms with E-state index in [-0.39, 0.29) is 0 Å². The van der Waals surface area contributed by atoms with E-state index >= 15 is 0 Å². The van der Waals surface area contributed by atoms with Gasteiger partial charge in [-0.1, -0.05) is 84.1 Å². The fourth-order valence-electron chi connectivity index (χ4n) is 3.14. The molecule has 0 fully saturated rings. The molecule has 0 unspecified atom stereocenters. The molecule has 25 heavy (non-hydrogen) atoms. The summed E-state index contributed by atoms with van der Waals surface area (Å²) in [4.78, 5) is 9.36. The van der Waals surface area contributed by atoms with Crippen LogP contribution in [0.2, 0.25) is 0 Å². The van der Waals surface area contributed by atoms with Gasteiger partial charge in [-0.3, -0.25) is 4.99 Å². The predicted molar refractivity (Wildman–Crippen MR) is 113 cm³/mol. The zero-order valence-corrected chi connectivity index (χ0v) is 16.9. The monoisotopic (exact) mass is 344 g/mol. The van der Waals surface area contributed by atoms with Crippen LogP contribution in [0.4, 0.5) is 0 Å². The van der Waals surface area contributed by atoms with Crippen LogP contribution in [0, 0.1) is 0 Å². The number of hydrogen-bond donors (Lipinski definition) is 0. The summed E-state index contributed by atoms with van der Waals surface area (Å²) in [5, 5.41) is 0. The van der Waals surface area contributed by atoms with Gasteiger partial charge in [0.05, 0.1) is 11.3 Å². The molecule has 1 rings (SSSR count). The molecule has 0 bridgehead atoms. The second kappa shape index (κ2) is 16.3. The van der Waals surface area contributed by atoms with E-state index in [0.29, 0.717) is 0 Å². The van der Waals surface area contributed by atoms with E-state index < -0.39 is 0 Å². The van der Waals surface area contributed by atoms with Crippen molar-refractivity contribution in [1.29, 1.82) is 0 Å². The summed E-state index contributed by atoms with van der Waals surface area (Å²) in [5.74, 6) is 3.27. The van der Waals surface area contributed by atoms with Crippen molar-refractivity contribution in [3.8, 4) is 0 Å². The summed E-state index contributed by atoms with van der Waals surface area (Å²) >= 11 is 0. The molecule has 0 aromatic carbocycles. The third-order valence-corrected chi connectivity index (χ3v) is 4.78. The summed E-state index contributed by atoms with van der Waals surface area (Å²) in [6.45, 7) is 6.41. The van der Waals surface area contributed by atoms with E-state index in [4.69, 9.17) is 4.99 Å². The van der Waals surface area contributed by atoms with E-state index in [1.54, 1.807) is 0 Å². The number of aliphatic imine (C=N–C) groups is 2. The SMILES string of the molecule is CCCCCCCCN=C=C1C=CCCC1=NCCCCCCCC. The maximum atomic E-state index is 4.84. The minimum atomic E-state index is 0.911. The molecule has 0 N–H and O–H groups in total. The van der Waals surface area contributed by atoms with Crippen LogP contribution in [0.25, 0.3) is 0 Å². The Kier molecular flexibility index (Phi) is 14.3. The lowest BCUT2D eigenvalue weighted by Gasteiger charge is -2.09. The summed E-state index contributed by atoms with van der Waals surface area (Å²) < 4.78 is 0. The number of rotatable bonds is 14. The topological polar surface area (TPSA) is 24.7 Å². The van der Waals surface area contributed by atoms with Gasteiger partial charge in [-0.15, -0.1) is 0 Å². The second-order valence-electron chi connectivity index (χ2n) is 7.21. The Labute approximate surface area is 156 Å². The fourth-order valence-corrected chi connectivity index (χ4v) is 3.14. The van der Waals surface area contributed by atoms with Gasteiger partial charge in [0, 0.05) is 13.1 Å². The average molecular weight is 345 g/mol. The molecule has 0 radical (unpaired) electrons. The fraction of sp³-hybridized carbons (Fsp3) is 0.783. The van der Waals surface area contributed by atoms with Crippen molar-refractivity contribution >= 4 is 11.6 Å². The molecule has 0 saturated heterocycles. The molecule has 0 aromatic heterocycles. The molecule has 142 valence electrons. The van der Waals surface area contributed by atoms with Crippen molar-refractivity contribution in [3.63, 3.8) is 0 Å². The maximum Gasteiger partial charge on any atom is 0.0563 e. The molecule has 0 aliphatic heterocycles. The Morgan fingerprint density at radius 3 is 2.08 bits per heavy atom. The summed E-state index contributed by atoms with van der Waals surface area (Å²) in [7, 11) is 0. The van der Waals surface area contributed by atoms with Crippen LogP contribution in [-0.4, -0.2) is 24.7 Å². The first-order valence-electron chi connectivity index (χ1n) is 10.9. The zero-order valence-electron chi connectivity index (χ0n) is 16.9. The highest BCUT2D eigenvalue weighted by molar-refractivity contribution is 6.10. The Hall–Kier alpha value is -1.14. The van der Waals surface area contributed by atoms with Crippen LogP contribution < -0.4 is 0 Å². The largest absolute Gasteiger partial charge is 0.288 e. The smallest absolute Gasteiger partial charge is 0.0563 e. The van der Waals surface area contributed by atoms with E-state index in [1.807, 2.05) is 0 Å². The Balaban J connectivity index is 2.29. The minimum absolute atomic E-state index is 0.911. The normalized spacial score (nSPS) is 15.6. The van der Waals surface area contributed by atoms with Crippen molar-refractivity contribution in [2.45, 2.75) is 104 Å². The number of hydrogen-bond acceptors (Lipinski definition) is 2. The average Bonchev–Trinajstić information content (AvgIpc) is 2.64. The third kappa shape index (κ3) is 11.9. The molecule has 2 nitrogen and oxygen atoms in total. The number of nitrogens with zero attached hydrogens (tertiary/aromatic N) is 2. The van der Waals surface area contributed by atoms with Gasteiger partial charge in [-0.2, -0.15) is 0 Å². The van der Waals surface area contributed by atoms with Gasteiger partial charge in [0.15, 0.2) is 0 Å². The first-order chi connectivity index (χ1) is 12.4. The quantitative estimate of drug-likeness (QED) is 0.237. The van der Waals surface area contributed by atoms with Crippen LogP contribution in [0.1, 0.15) is 104 Å². The molecule has 1 aliphatic carbocycles. The lowest BCUT2D eigenvalue weighted by molar-refractivity contribution is 0.612. The van der Waals surface area contributed by atoms with Crippen LogP contribution in [0.5, 0.6) is 0 Å². The predicted octanol–water partition coefficient (Wildman–Crippen LogP) is 7.09. The molecule has 1 aliphatic rings. The summed E-state index contributed by atoms with van der Waals surface area (Å²) in [5.41, 5.74) is 2.35. The Bertz CT molecular complexity index is 439. The van der Waals surface area contributed by atoms with E-state index in [2.05, 4.69) is 36.9 Å². The van der Waals surface area contributed by atoms with Crippen LogP contribution in [-0.2, 0) is 0 Å². The van der Waals surface area contributed by atoms with E-state index in [1.165, 1.54) is 82.8 Å². The van der Waals surface area contributed by atoms with E-state index in [0.717, 1.165) is 31.5 Å². The molecule has 2 heteroatoms. The molecule has 0 spiro atoms. The Morgan fingerprint density at radius 2 is 1.40 bits per heavy atom. The second-order valence-corrected chi connectivity index (χ2v) is 7.21. The van der Waals surface area contributed by atoms with Crippen molar-refractivity contribution in [2.75, 3.05) is 13.1 Å². The summed E-state index contributed by atoms with van der Waals surface area (Å²) in [6.07, 6.45) is 22.4. The van der Waals surface area contributed by atoms with Crippen LogP contribution >= 0.6 is 0 Å². The molecule has 0 aromatic rings. The van der Waals surface area contributed by atoms with Gasteiger partial charge >= 0.3 is 0 Å². The van der Waals surface area contributed by atoms with Crippen molar-refractivity contribution < 1.29 is 0 Å². The van der Waals surface area contributed by atoms with Crippen LogP contribution in [0.3, 0.4) is 0 Å². The first-order valence-corrected chi connectivity index (χ1v) is 10.9. The highest BCUT2D eigenvalue weighted by Gasteiger charge is 2.07. The van der Waals surface area contributed by atoms with Crippen molar-refractivity contribution in [1.82, 2.24) is 0 Å². The molecule has 0 amide bonds.